The van der Waals surface area contributed by atoms with Gasteiger partial charge in [-0.1, -0.05) is 25.7 Å². The minimum absolute atomic E-state index is 0.0308. The number of hydrogen-bond donors (Lipinski definition) is 3. The molecular formula is C19H35NO4. The normalized spacial score (nSPS) is 21.3. The SMILES string of the molecule is CC1(C)CC(C(CCCCCCCC(=O)O)C(=O)O)CC(C)(C)N1. The molecule has 1 fully saturated rings. The lowest BCUT2D eigenvalue weighted by Gasteiger charge is -2.48. The minimum atomic E-state index is -0.739. The van der Waals surface area contributed by atoms with E-state index in [1.165, 1.54) is 0 Å². The maximum absolute atomic E-state index is 11.8. The van der Waals surface area contributed by atoms with Crippen LogP contribution in [0.1, 0.15) is 85.5 Å². The van der Waals surface area contributed by atoms with Crippen LogP contribution in [0.2, 0.25) is 0 Å². The second kappa shape index (κ2) is 8.84. The van der Waals surface area contributed by atoms with Gasteiger partial charge in [-0.2, -0.15) is 0 Å². The van der Waals surface area contributed by atoms with Crippen LogP contribution in [0.3, 0.4) is 0 Å². The molecule has 5 heteroatoms. The van der Waals surface area contributed by atoms with Crippen molar-refractivity contribution in [3.05, 3.63) is 0 Å². The lowest BCUT2D eigenvalue weighted by molar-refractivity contribution is -0.145. The molecule has 1 aliphatic heterocycles. The Balaban J connectivity index is 2.44. The molecule has 0 aromatic rings. The molecule has 1 unspecified atom stereocenters. The number of carboxylic acid groups (broad SMARTS) is 2. The Labute approximate surface area is 146 Å². The Morgan fingerprint density at radius 3 is 1.96 bits per heavy atom. The molecular weight excluding hydrogens is 306 g/mol. The molecule has 0 spiro atoms. The van der Waals surface area contributed by atoms with Gasteiger partial charge in [0.1, 0.15) is 0 Å². The van der Waals surface area contributed by atoms with Gasteiger partial charge in [-0.05, 0) is 59.3 Å². The van der Waals surface area contributed by atoms with Gasteiger partial charge in [0.05, 0.1) is 5.92 Å². The van der Waals surface area contributed by atoms with Crippen molar-refractivity contribution < 1.29 is 19.8 Å². The lowest BCUT2D eigenvalue weighted by Crippen LogP contribution is -2.59. The fourth-order valence-corrected chi connectivity index (χ4v) is 4.42. The number of aliphatic carboxylic acids is 2. The molecule has 1 heterocycles. The van der Waals surface area contributed by atoms with Crippen LogP contribution in [0.4, 0.5) is 0 Å². The first-order chi connectivity index (χ1) is 11.0. The van der Waals surface area contributed by atoms with E-state index < -0.39 is 11.9 Å². The van der Waals surface area contributed by atoms with Gasteiger partial charge in [0.15, 0.2) is 0 Å². The summed E-state index contributed by atoms with van der Waals surface area (Å²) in [6.07, 6.45) is 7.27. The average molecular weight is 341 g/mol. The van der Waals surface area contributed by atoms with Crippen LogP contribution in [-0.4, -0.2) is 33.2 Å². The van der Waals surface area contributed by atoms with Crippen LogP contribution >= 0.6 is 0 Å². The molecule has 1 saturated heterocycles. The second-order valence-electron chi connectivity index (χ2n) is 8.71. The Morgan fingerprint density at radius 2 is 1.46 bits per heavy atom. The average Bonchev–Trinajstić information content (AvgIpc) is 2.37. The summed E-state index contributed by atoms with van der Waals surface area (Å²) in [6, 6.07) is 0. The van der Waals surface area contributed by atoms with E-state index in [2.05, 4.69) is 33.0 Å². The third-order valence-corrected chi connectivity index (χ3v) is 5.01. The molecule has 0 aromatic heterocycles. The summed E-state index contributed by atoms with van der Waals surface area (Å²) >= 11 is 0. The van der Waals surface area contributed by atoms with Gasteiger partial charge in [0.25, 0.3) is 0 Å². The van der Waals surface area contributed by atoms with E-state index in [0.29, 0.717) is 6.42 Å². The van der Waals surface area contributed by atoms with Crippen LogP contribution in [0, 0.1) is 11.8 Å². The summed E-state index contributed by atoms with van der Waals surface area (Å²) in [5.74, 6) is -1.47. The van der Waals surface area contributed by atoms with Crippen LogP contribution < -0.4 is 5.32 Å². The minimum Gasteiger partial charge on any atom is -0.481 e. The van der Waals surface area contributed by atoms with Gasteiger partial charge >= 0.3 is 11.9 Å². The van der Waals surface area contributed by atoms with E-state index in [-0.39, 0.29) is 29.3 Å². The molecule has 5 nitrogen and oxygen atoms in total. The molecule has 0 radical (unpaired) electrons. The molecule has 140 valence electrons. The number of hydrogen-bond acceptors (Lipinski definition) is 3. The predicted molar refractivity (Wildman–Crippen MR) is 95.1 cm³/mol. The highest BCUT2D eigenvalue weighted by atomic mass is 16.4. The van der Waals surface area contributed by atoms with E-state index in [9.17, 15) is 14.7 Å². The highest BCUT2D eigenvalue weighted by molar-refractivity contribution is 5.70. The van der Waals surface area contributed by atoms with Gasteiger partial charge in [0, 0.05) is 17.5 Å². The second-order valence-corrected chi connectivity index (χ2v) is 8.71. The topological polar surface area (TPSA) is 86.6 Å². The van der Waals surface area contributed by atoms with Crippen LogP contribution in [0.25, 0.3) is 0 Å². The first-order valence-corrected chi connectivity index (χ1v) is 9.26. The predicted octanol–water partition coefficient (Wildman–Crippen LogP) is 4.06. The third kappa shape index (κ3) is 7.65. The molecule has 1 rings (SSSR count). The molecule has 0 bridgehead atoms. The number of rotatable bonds is 10. The largest absolute Gasteiger partial charge is 0.481 e. The Kier molecular flexibility index (Phi) is 7.71. The van der Waals surface area contributed by atoms with Gasteiger partial charge in [0.2, 0.25) is 0 Å². The zero-order chi connectivity index (χ0) is 18.4. The first-order valence-electron chi connectivity index (χ1n) is 9.26. The molecule has 0 saturated carbocycles. The maximum atomic E-state index is 11.8. The van der Waals surface area contributed by atoms with Gasteiger partial charge in [-0.3, -0.25) is 9.59 Å². The first kappa shape index (κ1) is 20.9. The summed E-state index contributed by atoms with van der Waals surface area (Å²) < 4.78 is 0. The number of nitrogens with one attached hydrogen (secondary N) is 1. The summed E-state index contributed by atoms with van der Waals surface area (Å²) in [4.78, 5) is 22.2. The molecule has 24 heavy (non-hydrogen) atoms. The van der Waals surface area contributed by atoms with Crippen LogP contribution in [0.15, 0.2) is 0 Å². The number of carbonyl (C=O) groups is 2. The molecule has 1 aliphatic rings. The van der Waals surface area contributed by atoms with Crippen molar-refractivity contribution in [1.82, 2.24) is 5.32 Å². The van der Waals surface area contributed by atoms with Crippen molar-refractivity contribution in [2.45, 2.75) is 96.6 Å². The molecule has 0 amide bonds. The van der Waals surface area contributed by atoms with Crippen molar-refractivity contribution in [2.75, 3.05) is 0 Å². The van der Waals surface area contributed by atoms with Crippen molar-refractivity contribution in [1.29, 1.82) is 0 Å². The summed E-state index contributed by atoms with van der Waals surface area (Å²) in [5, 5.41) is 21.9. The zero-order valence-electron chi connectivity index (χ0n) is 15.7. The standard InChI is InChI=1S/C19H35NO4/c1-18(2)12-14(13-19(3,4)20-18)15(17(23)24)10-8-6-5-7-9-11-16(21)22/h14-15,20H,5-13H2,1-4H3,(H,21,22)(H,23,24). The Morgan fingerprint density at radius 1 is 0.958 bits per heavy atom. The van der Waals surface area contributed by atoms with Gasteiger partial charge < -0.3 is 15.5 Å². The zero-order valence-corrected chi connectivity index (χ0v) is 15.7. The fourth-order valence-electron chi connectivity index (χ4n) is 4.42. The third-order valence-electron chi connectivity index (χ3n) is 5.01. The van der Waals surface area contributed by atoms with Crippen molar-refractivity contribution in [2.24, 2.45) is 11.8 Å². The Bertz CT molecular complexity index is 415. The summed E-state index contributed by atoms with van der Waals surface area (Å²) in [6.45, 7) is 8.62. The molecule has 0 aromatic carbocycles. The molecule has 1 atom stereocenters. The van der Waals surface area contributed by atoms with E-state index >= 15 is 0 Å². The number of piperidine rings is 1. The van der Waals surface area contributed by atoms with E-state index in [4.69, 9.17) is 5.11 Å². The highest BCUT2D eigenvalue weighted by Crippen LogP contribution is 2.38. The highest BCUT2D eigenvalue weighted by Gasteiger charge is 2.42. The van der Waals surface area contributed by atoms with Crippen molar-refractivity contribution >= 4 is 11.9 Å². The number of unbranched alkanes of at least 4 members (excludes halogenated alkanes) is 4. The monoisotopic (exact) mass is 341 g/mol. The van der Waals surface area contributed by atoms with Gasteiger partial charge in [-0.15, -0.1) is 0 Å². The quantitative estimate of drug-likeness (QED) is 0.522. The van der Waals surface area contributed by atoms with E-state index in [1.807, 2.05) is 0 Å². The molecule has 3 N–H and O–H groups in total. The van der Waals surface area contributed by atoms with Crippen molar-refractivity contribution in [3.8, 4) is 0 Å². The fraction of sp³-hybridized carbons (Fsp3) is 0.895. The Hall–Kier alpha value is -1.10. The van der Waals surface area contributed by atoms with E-state index in [0.717, 1.165) is 44.9 Å². The van der Waals surface area contributed by atoms with Crippen LogP contribution in [0.5, 0.6) is 0 Å². The number of carboxylic acids is 2. The smallest absolute Gasteiger partial charge is 0.306 e. The maximum Gasteiger partial charge on any atom is 0.306 e. The summed E-state index contributed by atoms with van der Waals surface area (Å²) in [5.41, 5.74) is -0.0616. The van der Waals surface area contributed by atoms with Gasteiger partial charge in [-0.25, -0.2) is 0 Å². The van der Waals surface area contributed by atoms with E-state index in [1.54, 1.807) is 0 Å². The lowest BCUT2D eigenvalue weighted by atomic mass is 9.69. The molecule has 0 aliphatic carbocycles. The summed E-state index contributed by atoms with van der Waals surface area (Å²) in [7, 11) is 0. The van der Waals surface area contributed by atoms with Crippen LogP contribution in [-0.2, 0) is 9.59 Å². The van der Waals surface area contributed by atoms with Crippen molar-refractivity contribution in [3.63, 3.8) is 0 Å².